The topological polar surface area (TPSA) is 35.5 Å². The second-order valence-electron chi connectivity index (χ2n) is 6.27. The maximum atomic E-state index is 10.6. The lowest BCUT2D eigenvalue weighted by Crippen LogP contribution is -2.01. The molecule has 0 aromatic heterocycles. The number of halogens is 3. The fourth-order valence-electron chi connectivity index (χ4n) is 2.34. The number of alkyl halides is 3. The summed E-state index contributed by atoms with van der Waals surface area (Å²) in [5.74, 6) is 0.705. The second kappa shape index (κ2) is 16.3. The van der Waals surface area contributed by atoms with E-state index in [9.17, 15) is 18.0 Å². The quantitative estimate of drug-likeness (QED) is 0.303. The van der Waals surface area contributed by atoms with Gasteiger partial charge >= 0.3 is 12.1 Å². The molecule has 0 fully saturated rings. The molecule has 0 saturated heterocycles. The van der Waals surface area contributed by atoms with Gasteiger partial charge in [-0.3, -0.25) is 4.79 Å². The molecule has 170 valence electrons. The Hall–Kier alpha value is -2.50. The summed E-state index contributed by atoms with van der Waals surface area (Å²) in [7, 11) is 0. The van der Waals surface area contributed by atoms with Crippen molar-refractivity contribution >= 4 is 5.97 Å². The van der Waals surface area contributed by atoms with Crippen LogP contribution in [-0.4, -0.2) is 25.4 Å². The summed E-state index contributed by atoms with van der Waals surface area (Å²) in [5.41, 5.74) is 2.41. The molecule has 0 bridgehead atoms. The van der Waals surface area contributed by atoms with Crippen molar-refractivity contribution in [2.24, 2.45) is 0 Å². The fourth-order valence-corrected chi connectivity index (χ4v) is 2.34. The molecule has 0 radical (unpaired) electrons. The van der Waals surface area contributed by atoms with Gasteiger partial charge < -0.3 is 9.47 Å². The summed E-state index contributed by atoms with van der Waals surface area (Å²) in [6, 6.07) is 18.5. The lowest BCUT2D eigenvalue weighted by atomic mass is 10.1. The lowest BCUT2D eigenvalue weighted by Gasteiger charge is -2.07. The Bertz CT molecular complexity index is 662. The van der Waals surface area contributed by atoms with E-state index in [1.807, 2.05) is 30.3 Å². The molecule has 2 aromatic carbocycles. The van der Waals surface area contributed by atoms with Crippen LogP contribution < -0.4 is 4.74 Å². The molecule has 2 rings (SSSR count). The van der Waals surface area contributed by atoms with E-state index in [0.29, 0.717) is 6.61 Å². The minimum absolute atomic E-state index is 0. The molecule has 0 N–H and O–H groups in total. The first-order chi connectivity index (χ1) is 13.3. The molecular weight excluding hydrogens is 393 g/mol. The zero-order valence-electron chi connectivity index (χ0n) is 16.3. The first kappa shape index (κ1) is 29.7. The van der Waals surface area contributed by atoms with Gasteiger partial charge in [-0.15, -0.1) is 0 Å². The highest BCUT2D eigenvalue weighted by Crippen LogP contribution is 2.22. The van der Waals surface area contributed by atoms with E-state index in [-0.39, 0.29) is 27.7 Å². The van der Waals surface area contributed by atoms with Crippen molar-refractivity contribution in [3.8, 4) is 16.9 Å². The van der Waals surface area contributed by atoms with E-state index >= 15 is 0 Å². The molecule has 0 aliphatic heterocycles. The van der Waals surface area contributed by atoms with Crippen LogP contribution in [0.1, 0.15) is 54.4 Å². The highest BCUT2D eigenvalue weighted by Gasteiger charge is 2.15. The molecule has 0 unspecified atom stereocenters. The maximum absolute atomic E-state index is 10.6. The minimum atomic E-state index is -4.00. The summed E-state index contributed by atoms with van der Waals surface area (Å²) in [4.78, 5) is 10.6. The predicted molar refractivity (Wildman–Crippen MR) is 118 cm³/mol. The zero-order chi connectivity index (χ0) is 20.8. The second-order valence-corrected chi connectivity index (χ2v) is 6.27. The van der Waals surface area contributed by atoms with Crippen LogP contribution in [0, 0.1) is 0 Å². The molecule has 0 aliphatic carbocycles. The normalized spacial score (nSPS) is 9.90. The van der Waals surface area contributed by atoms with Gasteiger partial charge in [-0.2, -0.15) is 13.2 Å². The molecule has 3 nitrogen and oxygen atoms in total. The van der Waals surface area contributed by atoms with E-state index in [1.165, 1.54) is 18.1 Å². The number of benzene rings is 2. The van der Waals surface area contributed by atoms with Crippen molar-refractivity contribution in [2.45, 2.75) is 60.6 Å². The van der Waals surface area contributed by atoms with Crippen LogP contribution in [0.2, 0.25) is 0 Å². The van der Waals surface area contributed by atoms with E-state index in [1.54, 1.807) is 0 Å². The Labute approximate surface area is 179 Å². The minimum Gasteiger partial charge on any atom is -0.494 e. The van der Waals surface area contributed by atoms with Crippen LogP contribution >= 0.6 is 0 Å². The Balaban J connectivity index is 0. The molecule has 0 aliphatic rings. The molecule has 0 saturated carbocycles. The number of hydrogen-bond acceptors (Lipinski definition) is 3. The van der Waals surface area contributed by atoms with E-state index in [4.69, 9.17) is 9.47 Å². The summed E-state index contributed by atoms with van der Waals surface area (Å²) in [6.45, 7) is 2.87. The van der Waals surface area contributed by atoms with Crippen molar-refractivity contribution < 1.29 is 27.4 Å². The summed E-state index contributed by atoms with van der Waals surface area (Å²) < 4.78 is 41.7. The average Bonchev–Trinajstić information content (AvgIpc) is 2.63. The van der Waals surface area contributed by atoms with Gasteiger partial charge in [0.25, 0.3) is 0 Å². The van der Waals surface area contributed by atoms with Crippen LogP contribution in [0.3, 0.4) is 0 Å². The van der Waals surface area contributed by atoms with Crippen molar-refractivity contribution in [1.29, 1.82) is 0 Å². The first-order valence-corrected chi connectivity index (χ1v) is 9.24. The Morgan fingerprint density at radius 3 is 1.77 bits per heavy atom. The fraction of sp³-hybridized carbons (Fsp3) is 0.458. The monoisotopic (exact) mass is 428 g/mol. The van der Waals surface area contributed by atoms with Gasteiger partial charge in [-0.1, -0.05) is 57.3 Å². The maximum Gasteiger partial charge on any atom is 0.386 e. The van der Waals surface area contributed by atoms with Crippen molar-refractivity contribution in [1.82, 2.24) is 0 Å². The van der Waals surface area contributed by atoms with Crippen LogP contribution in [0.25, 0.3) is 11.1 Å². The SMILES string of the molecule is C.C.CC(=O)OCCCCCCOc1ccc(-c2ccccc2)cc1.CC(F)(F)F. The highest BCUT2D eigenvalue weighted by molar-refractivity contribution is 5.65. The molecular formula is C24H35F3O3. The van der Waals surface area contributed by atoms with Crippen LogP contribution in [0.15, 0.2) is 54.6 Å². The Morgan fingerprint density at radius 2 is 1.27 bits per heavy atom. The van der Waals surface area contributed by atoms with E-state index in [2.05, 4.69) is 24.3 Å². The summed E-state index contributed by atoms with van der Waals surface area (Å²) >= 11 is 0. The lowest BCUT2D eigenvalue weighted by molar-refractivity contribution is -0.141. The largest absolute Gasteiger partial charge is 0.494 e. The molecule has 6 heteroatoms. The molecule has 0 amide bonds. The first-order valence-electron chi connectivity index (χ1n) is 9.24. The number of carbonyl (C=O) groups excluding carboxylic acids is 1. The average molecular weight is 429 g/mol. The standard InChI is InChI=1S/C20H24O3.C2H3F3.2CH4/c1-17(21)22-15-7-2-3-8-16-23-20-13-11-19(12-14-20)18-9-5-4-6-10-18;1-2(3,4)5;;/h4-6,9-14H,2-3,7-8,15-16H2,1H3;1H3;2*1H4. The number of esters is 1. The van der Waals surface area contributed by atoms with E-state index < -0.39 is 6.18 Å². The molecule has 30 heavy (non-hydrogen) atoms. The number of hydrogen-bond donors (Lipinski definition) is 0. The van der Waals surface area contributed by atoms with Gasteiger partial charge in [0.05, 0.1) is 13.2 Å². The molecule has 0 heterocycles. The van der Waals surface area contributed by atoms with Gasteiger partial charge in [0.2, 0.25) is 0 Å². The molecule has 2 aromatic rings. The molecule has 0 spiro atoms. The third-order valence-electron chi connectivity index (χ3n) is 3.57. The predicted octanol–water partition coefficient (Wildman–Crippen LogP) is 7.70. The smallest absolute Gasteiger partial charge is 0.386 e. The van der Waals surface area contributed by atoms with Crippen molar-refractivity contribution in [3.63, 3.8) is 0 Å². The van der Waals surface area contributed by atoms with Gasteiger partial charge in [-0.25, -0.2) is 0 Å². The Morgan fingerprint density at radius 1 is 0.800 bits per heavy atom. The van der Waals surface area contributed by atoms with Gasteiger partial charge in [0, 0.05) is 13.8 Å². The van der Waals surface area contributed by atoms with Crippen molar-refractivity contribution in [2.75, 3.05) is 13.2 Å². The van der Waals surface area contributed by atoms with Crippen LogP contribution in [-0.2, 0) is 9.53 Å². The molecule has 0 atom stereocenters. The van der Waals surface area contributed by atoms with Gasteiger partial charge in [0.15, 0.2) is 0 Å². The summed E-state index contributed by atoms with van der Waals surface area (Å²) in [5, 5.41) is 0. The zero-order valence-corrected chi connectivity index (χ0v) is 16.3. The van der Waals surface area contributed by atoms with Gasteiger partial charge in [-0.05, 0) is 48.9 Å². The number of unbranched alkanes of at least 4 members (excludes halogenated alkanes) is 3. The third kappa shape index (κ3) is 16.5. The Kier molecular flexibility index (Phi) is 16.2. The van der Waals surface area contributed by atoms with Gasteiger partial charge in [0.1, 0.15) is 5.75 Å². The highest BCUT2D eigenvalue weighted by atomic mass is 19.4. The van der Waals surface area contributed by atoms with Crippen LogP contribution in [0.4, 0.5) is 13.2 Å². The summed E-state index contributed by atoms with van der Waals surface area (Å²) in [6.07, 6.45) is 0.0822. The number of ether oxygens (including phenoxy) is 2. The number of carbonyl (C=O) groups is 1. The number of rotatable bonds is 9. The van der Waals surface area contributed by atoms with E-state index in [0.717, 1.165) is 38.0 Å². The van der Waals surface area contributed by atoms with Crippen molar-refractivity contribution in [3.05, 3.63) is 54.6 Å². The third-order valence-corrected chi connectivity index (χ3v) is 3.57. The van der Waals surface area contributed by atoms with Crippen LogP contribution in [0.5, 0.6) is 5.75 Å².